The van der Waals surface area contributed by atoms with Crippen LogP contribution in [-0.4, -0.2) is 5.11 Å². The van der Waals surface area contributed by atoms with Crippen LogP contribution in [-0.2, 0) is 6.42 Å². The molecular weight excluding hydrogens is 518 g/mol. The summed E-state index contributed by atoms with van der Waals surface area (Å²) >= 11 is 0. The monoisotopic (exact) mass is 550 g/mol. The SMILES string of the molecule is CCCCCCCc1cc(O)c[c-]c1C1C=C(C)CCC1.[CH-]=C.[U+2]. The fourth-order valence-corrected chi connectivity index (χ4v) is 3.35. The second kappa shape index (κ2) is 13.8. The maximum atomic E-state index is 9.78. The maximum Gasteiger partial charge on any atom is 2.00 e. The molecule has 1 N–H and O–H groups in total. The first kappa shape index (κ1) is 23.6. The Morgan fingerprint density at radius 3 is 2.62 bits per heavy atom. The molecule has 1 nitrogen and oxygen atoms in total. The summed E-state index contributed by atoms with van der Waals surface area (Å²) in [5.74, 6) is 0.865. The second-order valence-corrected chi connectivity index (χ2v) is 6.47. The Labute approximate surface area is 173 Å². The molecule has 130 valence electrons. The first-order chi connectivity index (χ1) is 11.2. The smallest absolute Gasteiger partial charge is 0.566 e. The number of hydrogen-bond donors (Lipinski definition) is 1. The normalized spacial score (nSPS) is 16.4. The molecule has 0 aliphatic heterocycles. The van der Waals surface area contributed by atoms with Crippen LogP contribution in [0, 0.1) is 43.8 Å². The second-order valence-electron chi connectivity index (χ2n) is 6.47. The molecule has 1 unspecified atom stereocenters. The van der Waals surface area contributed by atoms with Gasteiger partial charge in [0.15, 0.2) is 0 Å². The molecular formula is C22H32OU. The summed E-state index contributed by atoms with van der Waals surface area (Å²) < 4.78 is 0. The molecule has 0 bridgehead atoms. The third kappa shape index (κ3) is 8.09. The van der Waals surface area contributed by atoms with Gasteiger partial charge in [0.2, 0.25) is 0 Å². The van der Waals surface area contributed by atoms with Crippen molar-refractivity contribution in [3.8, 4) is 5.75 Å². The Morgan fingerprint density at radius 1 is 1.25 bits per heavy atom. The van der Waals surface area contributed by atoms with Crippen molar-refractivity contribution in [2.45, 2.75) is 77.6 Å². The van der Waals surface area contributed by atoms with Gasteiger partial charge in [0.1, 0.15) is 0 Å². The van der Waals surface area contributed by atoms with Crippen molar-refractivity contribution >= 4 is 0 Å². The molecule has 0 amide bonds. The van der Waals surface area contributed by atoms with Crippen LogP contribution in [0.2, 0.25) is 0 Å². The van der Waals surface area contributed by atoms with Crippen molar-refractivity contribution in [2.75, 3.05) is 0 Å². The number of unbranched alkanes of at least 4 members (excludes halogenated alkanes) is 4. The quantitative estimate of drug-likeness (QED) is 0.233. The number of benzene rings is 1. The minimum Gasteiger partial charge on any atom is -0.566 e. The molecule has 0 saturated carbocycles. The Morgan fingerprint density at radius 2 is 1.96 bits per heavy atom. The Kier molecular flexibility index (Phi) is 13.5. The van der Waals surface area contributed by atoms with E-state index in [2.05, 4.69) is 39.1 Å². The van der Waals surface area contributed by atoms with Crippen LogP contribution >= 0.6 is 0 Å². The molecule has 1 atom stereocenters. The summed E-state index contributed by atoms with van der Waals surface area (Å²) in [5.41, 5.74) is 4.13. The summed E-state index contributed by atoms with van der Waals surface area (Å²) in [6.45, 7) is 11.5. The molecule has 0 heterocycles. The van der Waals surface area contributed by atoms with Gasteiger partial charge < -0.3 is 11.7 Å². The fourth-order valence-electron chi connectivity index (χ4n) is 3.35. The summed E-state index contributed by atoms with van der Waals surface area (Å²) in [6.07, 6.45) is 13.7. The van der Waals surface area contributed by atoms with Gasteiger partial charge in [-0.15, -0.1) is 17.7 Å². The fraction of sp³-hybridized carbons (Fsp3) is 0.545. The van der Waals surface area contributed by atoms with Gasteiger partial charge >= 0.3 is 31.1 Å². The van der Waals surface area contributed by atoms with E-state index in [1.165, 1.54) is 68.1 Å². The van der Waals surface area contributed by atoms with Crippen LogP contribution in [0.1, 0.15) is 82.3 Å². The molecule has 24 heavy (non-hydrogen) atoms. The molecule has 0 radical (unpaired) electrons. The average molecular weight is 551 g/mol. The van der Waals surface area contributed by atoms with Crippen LogP contribution in [0.4, 0.5) is 0 Å². The summed E-state index contributed by atoms with van der Waals surface area (Å²) in [5, 5.41) is 9.78. The predicted octanol–water partition coefficient (Wildman–Crippen LogP) is 6.52. The zero-order valence-electron chi connectivity index (χ0n) is 15.4. The topological polar surface area (TPSA) is 20.2 Å². The van der Waals surface area contributed by atoms with Crippen LogP contribution < -0.4 is 0 Å². The van der Waals surface area contributed by atoms with E-state index in [0.29, 0.717) is 11.7 Å². The number of hydrogen-bond acceptors (Lipinski definition) is 1. The largest absolute Gasteiger partial charge is 2.00 e. The molecule has 0 spiro atoms. The first-order valence-electron chi connectivity index (χ1n) is 9.02. The number of rotatable bonds is 7. The molecule has 0 fully saturated rings. The Hall–Kier alpha value is -0.448. The summed E-state index contributed by atoms with van der Waals surface area (Å²) in [7, 11) is 0. The first-order valence-corrected chi connectivity index (χ1v) is 9.02. The van der Waals surface area contributed by atoms with Crippen molar-refractivity contribution in [3.63, 3.8) is 0 Å². The van der Waals surface area contributed by atoms with Crippen molar-refractivity contribution in [2.24, 2.45) is 0 Å². The molecule has 0 saturated heterocycles. The zero-order chi connectivity index (χ0) is 17.1. The molecule has 0 aromatic heterocycles. The van der Waals surface area contributed by atoms with Crippen LogP contribution in [0.25, 0.3) is 0 Å². The van der Waals surface area contributed by atoms with Crippen molar-refractivity contribution < 1.29 is 36.2 Å². The van der Waals surface area contributed by atoms with Gasteiger partial charge in [0.05, 0.1) is 0 Å². The van der Waals surface area contributed by atoms with E-state index in [1.807, 2.05) is 6.07 Å². The number of aromatic hydroxyl groups is 1. The average Bonchev–Trinajstić information content (AvgIpc) is 2.56. The molecule has 1 aliphatic carbocycles. The van der Waals surface area contributed by atoms with Crippen molar-refractivity contribution in [1.29, 1.82) is 0 Å². The number of allylic oxidation sites excluding steroid dienone is 2. The van der Waals surface area contributed by atoms with Gasteiger partial charge in [0.25, 0.3) is 0 Å². The third-order valence-electron chi connectivity index (χ3n) is 4.54. The minimum atomic E-state index is 0. The number of phenols is 1. The van der Waals surface area contributed by atoms with E-state index >= 15 is 0 Å². The zero-order valence-corrected chi connectivity index (χ0v) is 19.6. The maximum absolute atomic E-state index is 9.78. The molecule has 1 aliphatic rings. The van der Waals surface area contributed by atoms with E-state index < -0.39 is 0 Å². The Bertz CT molecular complexity index is 493. The van der Waals surface area contributed by atoms with Crippen LogP contribution in [0.5, 0.6) is 5.75 Å². The predicted molar refractivity (Wildman–Crippen MR) is 99.7 cm³/mol. The number of aryl methyl sites for hydroxylation is 1. The summed E-state index contributed by atoms with van der Waals surface area (Å²) in [6, 6.07) is 7.04. The van der Waals surface area contributed by atoms with E-state index in [9.17, 15) is 5.11 Å². The minimum absolute atomic E-state index is 0. The van der Waals surface area contributed by atoms with Crippen LogP contribution in [0.15, 0.2) is 30.4 Å². The Balaban J connectivity index is 0.00000170. The van der Waals surface area contributed by atoms with E-state index in [4.69, 9.17) is 0 Å². The van der Waals surface area contributed by atoms with Gasteiger partial charge in [-0.1, -0.05) is 57.1 Å². The van der Waals surface area contributed by atoms with Gasteiger partial charge in [0, 0.05) is 5.75 Å². The van der Waals surface area contributed by atoms with Gasteiger partial charge in [-0.05, 0) is 32.1 Å². The molecule has 2 heteroatoms. The molecule has 1 aromatic carbocycles. The van der Waals surface area contributed by atoms with E-state index in [-0.39, 0.29) is 31.1 Å². The molecule has 1 aromatic rings. The van der Waals surface area contributed by atoms with E-state index in [1.54, 1.807) is 6.07 Å². The summed E-state index contributed by atoms with van der Waals surface area (Å²) in [4.78, 5) is 0. The van der Waals surface area contributed by atoms with Crippen LogP contribution in [0.3, 0.4) is 0 Å². The van der Waals surface area contributed by atoms with Crippen molar-refractivity contribution in [1.82, 2.24) is 0 Å². The van der Waals surface area contributed by atoms with Gasteiger partial charge in [-0.25, -0.2) is 0 Å². The molecule has 2 rings (SSSR count). The van der Waals surface area contributed by atoms with Crippen molar-refractivity contribution in [3.05, 3.63) is 54.1 Å². The van der Waals surface area contributed by atoms with Gasteiger partial charge in [-0.3, -0.25) is 6.58 Å². The van der Waals surface area contributed by atoms with Gasteiger partial charge in [-0.2, -0.15) is 11.6 Å². The van der Waals surface area contributed by atoms with E-state index in [0.717, 1.165) is 6.42 Å². The number of phenolic OH excluding ortho intramolecular Hbond substituents is 1. The third-order valence-corrected chi connectivity index (χ3v) is 4.54. The standard InChI is InChI=1S/C20H29O.C2H3.U/c1-3-4-5-6-7-10-18-15-19(21)12-13-20(18)17-11-8-9-16(2)14-17;1-2;/h12,14-15,17,21H,3-11H2,1-2H3;1H,2H2;/q2*-1;+2.